The number of hydrogen-bond acceptors (Lipinski definition) is 3. The van der Waals surface area contributed by atoms with Crippen molar-refractivity contribution in [2.75, 3.05) is 13.1 Å². The van der Waals surface area contributed by atoms with E-state index in [0.717, 1.165) is 44.8 Å². The molecule has 4 nitrogen and oxygen atoms in total. The highest BCUT2D eigenvalue weighted by Crippen LogP contribution is 2.41. The van der Waals surface area contributed by atoms with E-state index in [1.165, 1.54) is 0 Å². The number of aliphatic hydroxyl groups excluding tert-OH is 1. The van der Waals surface area contributed by atoms with Crippen molar-refractivity contribution in [1.82, 2.24) is 14.5 Å². The summed E-state index contributed by atoms with van der Waals surface area (Å²) in [6, 6.07) is 0. The van der Waals surface area contributed by atoms with E-state index in [2.05, 4.69) is 34.5 Å². The van der Waals surface area contributed by atoms with Crippen molar-refractivity contribution in [3.63, 3.8) is 0 Å². The molecule has 1 aliphatic carbocycles. The summed E-state index contributed by atoms with van der Waals surface area (Å²) in [6.07, 6.45) is 6.08. The minimum absolute atomic E-state index is 0.0962. The predicted molar refractivity (Wildman–Crippen MR) is 70.0 cm³/mol. The second kappa shape index (κ2) is 4.35. The average molecular weight is 249 g/mol. The van der Waals surface area contributed by atoms with Gasteiger partial charge in [-0.05, 0) is 24.2 Å². The highest BCUT2D eigenvalue weighted by atomic mass is 16.3. The maximum absolute atomic E-state index is 10.4. The Bertz CT molecular complexity index is 426. The van der Waals surface area contributed by atoms with Crippen LogP contribution in [0.2, 0.25) is 0 Å². The van der Waals surface area contributed by atoms with Crippen LogP contribution in [0, 0.1) is 11.3 Å². The van der Waals surface area contributed by atoms with Gasteiger partial charge in [-0.3, -0.25) is 4.90 Å². The molecule has 4 heteroatoms. The molecule has 1 fully saturated rings. The van der Waals surface area contributed by atoms with Gasteiger partial charge in [0.25, 0.3) is 0 Å². The Kier molecular flexibility index (Phi) is 2.94. The molecule has 2 atom stereocenters. The summed E-state index contributed by atoms with van der Waals surface area (Å²) >= 11 is 0. The smallest absolute Gasteiger partial charge is 0.122 e. The van der Waals surface area contributed by atoms with Gasteiger partial charge in [-0.1, -0.05) is 13.8 Å². The molecule has 0 spiro atoms. The van der Waals surface area contributed by atoms with Gasteiger partial charge in [0.05, 0.1) is 12.6 Å². The molecule has 1 aliphatic heterocycles. The zero-order valence-corrected chi connectivity index (χ0v) is 11.3. The maximum atomic E-state index is 10.4. The Labute approximate surface area is 109 Å². The van der Waals surface area contributed by atoms with Gasteiger partial charge in [-0.25, -0.2) is 4.98 Å². The van der Waals surface area contributed by atoms with Crippen LogP contribution in [0.3, 0.4) is 0 Å². The zero-order valence-electron chi connectivity index (χ0n) is 11.3. The van der Waals surface area contributed by atoms with Crippen molar-refractivity contribution in [3.8, 4) is 0 Å². The Morgan fingerprint density at radius 2 is 2.28 bits per heavy atom. The Hall–Kier alpha value is -0.870. The molecule has 1 saturated carbocycles. The van der Waals surface area contributed by atoms with Crippen LogP contribution in [0.25, 0.3) is 0 Å². The van der Waals surface area contributed by atoms with Gasteiger partial charge in [0.1, 0.15) is 5.82 Å². The molecule has 0 saturated heterocycles. The first-order valence-corrected chi connectivity index (χ1v) is 6.97. The zero-order chi connectivity index (χ0) is 12.8. The molecule has 18 heavy (non-hydrogen) atoms. The fraction of sp³-hybridized carbons (Fsp3) is 0.786. The third-order valence-corrected chi connectivity index (χ3v) is 4.72. The minimum atomic E-state index is -0.154. The van der Waals surface area contributed by atoms with Gasteiger partial charge in [0.2, 0.25) is 0 Å². The van der Waals surface area contributed by atoms with E-state index >= 15 is 0 Å². The summed E-state index contributed by atoms with van der Waals surface area (Å²) in [5, 5.41) is 10.4. The van der Waals surface area contributed by atoms with E-state index in [-0.39, 0.29) is 11.5 Å². The Balaban J connectivity index is 1.62. The second-order valence-electron chi connectivity index (χ2n) is 6.50. The van der Waals surface area contributed by atoms with Gasteiger partial charge in [-0.2, -0.15) is 0 Å². The van der Waals surface area contributed by atoms with Gasteiger partial charge in [-0.15, -0.1) is 0 Å². The molecular weight excluding hydrogens is 226 g/mol. The summed E-state index contributed by atoms with van der Waals surface area (Å²) in [5.41, 5.74) is 0.0962. The topological polar surface area (TPSA) is 41.3 Å². The first-order chi connectivity index (χ1) is 8.56. The molecule has 2 aliphatic rings. The van der Waals surface area contributed by atoms with Crippen molar-refractivity contribution in [2.24, 2.45) is 11.3 Å². The molecule has 3 rings (SSSR count). The predicted octanol–water partition coefficient (Wildman–Crippen LogP) is 1.50. The number of aliphatic hydroxyl groups is 1. The van der Waals surface area contributed by atoms with Gasteiger partial charge in [0.15, 0.2) is 0 Å². The number of aromatic nitrogens is 2. The van der Waals surface area contributed by atoms with E-state index in [1.54, 1.807) is 0 Å². The van der Waals surface area contributed by atoms with E-state index in [9.17, 15) is 5.11 Å². The second-order valence-corrected chi connectivity index (χ2v) is 6.50. The van der Waals surface area contributed by atoms with E-state index in [4.69, 9.17) is 0 Å². The monoisotopic (exact) mass is 249 g/mol. The summed E-state index contributed by atoms with van der Waals surface area (Å²) in [6.45, 7) is 8.41. The number of nitrogens with zero attached hydrogens (tertiary/aromatic N) is 3. The van der Waals surface area contributed by atoms with E-state index in [1.807, 2.05) is 6.20 Å². The average Bonchev–Trinajstić information content (AvgIpc) is 2.89. The normalized spacial score (nSPS) is 31.5. The summed E-state index contributed by atoms with van der Waals surface area (Å²) in [7, 11) is 0. The van der Waals surface area contributed by atoms with E-state index in [0.29, 0.717) is 5.92 Å². The first-order valence-electron chi connectivity index (χ1n) is 6.97. The van der Waals surface area contributed by atoms with Crippen molar-refractivity contribution < 1.29 is 5.11 Å². The number of imidazole rings is 1. The standard InChI is InChI=1S/C14H23N3O/c1-14(2)4-3-11(13(14)18)9-16-7-8-17-6-5-15-12(17)10-16/h5-6,11,13,18H,3-4,7-10H2,1-2H3. The SMILES string of the molecule is CC1(C)CCC(CN2CCn3ccnc3C2)C1O. The molecular formula is C14H23N3O. The van der Waals surface area contributed by atoms with E-state index < -0.39 is 0 Å². The summed E-state index contributed by atoms with van der Waals surface area (Å²) < 4.78 is 2.23. The van der Waals surface area contributed by atoms with Crippen molar-refractivity contribution in [3.05, 3.63) is 18.2 Å². The molecule has 0 amide bonds. The lowest BCUT2D eigenvalue weighted by molar-refractivity contribution is 0.0288. The van der Waals surface area contributed by atoms with Crippen LogP contribution < -0.4 is 0 Å². The quantitative estimate of drug-likeness (QED) is 0.863. The number of hydrogen-bond donors (Lipinski definition) is 1. The fourth-order valence-corrected chi connectivity index (χ4v) is 3.40. The van der Waals surface area contributed by atoms with Crippen molar-refractivity contribution >= 4 is 0 Å². The van der Waals surface area contributed by atoms with Crippen LogP contribution in [-0.2, 0) is 13.1 Å². The van der Waals surface area contributed by atoms with Crippen LogP contribution in [0.15, 0.2) is 12.4 Å². The van der Waals surface area contributed by atoms with Gasteiger partial charge in [0, 0.05) is 32.0 Å². The van der Waals surface area contributed by atoms with Crippen LogP contribution in [0.4, 0.5) is 0 Å². The molecule has 100 valence electrons. The van der Waals surface area contributed by atoms with Gasteiger partial charge < -0.3 is 9.67 Å². The minimum Gasteiger partial charge on any atom is -0.392 e. The van der Waals surface area contributed by atoms with Crippen LogP contribution in [0.5, 0.6) is 0 Å². The summed E-state index contributed by atoms with van der Waals surface area (Å²) in [4.78, 5) is 6.83. The molecule has 2 unspecified atom stereocenters. The van der Waals surface area contributed by atoms with Crippen molar-refractivity contribution in [1.29, 1.82) is 0 Å². The lowest BCUT2D eigenvalue weighted by Crippen LogP contribution is -2.40. The molecule has 0 bridgehead atoms. The highest BCUT2D eigenvalue weighted by molar-refractivity contribution is 4.97. The summed E-state index contributed by atoms with van der Waals surface area (Å²) in [5.74, 6) is 1.59. The fourth-order valence-electron chi connectivity index (χ4n) is 3.40. The molecule has 0 radical (unpaired) electrons. The van der Waals surface area contributed by atoms with Crippen LogP contribution in [-0.4, -0.2) is 38.8 Å². The lowest BCUT2D eigenvalue weighted by Gasteiger charge is -2.32. The third-order valence-electron chi connectivity index (χ3n) is 4.72. The largest absolute Gasteiger partial charge is 0.392 e. The van der Waals surface area contributed by atoms with Crippen LogP contribution >= 0.6 is 0 Å². The number of rotatable bonds is 2. The maximum Gasteiger partial charge on any atom is 0.122 e. The lowest BCUT2D eigenvalue weighted by atomic mass is 9.87. The highest BCUT2D eigenvalue weighted by Gasteiger charge is 2.41. The molecule has 1 aromatic rings. The first kappa shape index (κ1) is 12.2. The molecule has 2 heterocycles. The number of fused-ring (bicyclic) bond motifs is 1. The molecule has 0 aromatic carbocycles. The van der Waals surface area contributed by atoms with Gasteiger partial charge >= 0.3 is 0 Å². The van der Waals surface area contributed by atoms with Crippen LogP contribution in [0.1, 0.15) is 32.5 Å². The van der Waals surface area contributed by atoms with Crippen molar-refractivity contribution in [2.45, 2.75) is 45.9 Å². The Morgan fingerprint density at radius 1 is 1.44 bits per heavy atom. The molecule has 1 N–H and O–H groups in total. The third kappa shape index (κ3) is 2.08. The molecule has 1 aromatic heterocycles. The Morgan fingerprint density at radius 3 is 3.00 bits per heavy atom.